The summed E-state index contributed by atoms with van der Waals surface area (Å²) >= 11 is 5.92. The van der Waals surface area contributed by atoms with E-state index in [2.05, 4.69) is 14.7 Å². The van der Waals surface area contributed by atoms with Crippen LogP contribution in [-0.2, 0) is 10.0 Å². The molecule has 2 aromatic carbocycles. The van der Waals surface area contributed by atoms with Gasteiger partial charge in [-0.25, -0.2) is 13.4 Å². The van der Waals surface area contributed by atoms with Crippen molar-refractivity contribution in [2.75, 3.05) is 11.8 Å². The van der Waals surface area contributed by atoms with Gasteiger partial charge >= 0.3 is 0 Å². The topological polar surface area (TPSA) is 84.1 Å². The maximum Gasteiger partial charge on any atom is 0.265 e. The third kappa shape index (κ3) is 3.37. The predicted molar refractivity (Wildman–Crippen MR) is 92.8 cm³/mol. The minimum atomic E-state index is -3.85. The van der Waals surface area contributed by atoms with Crippen LogP contribution in [0.15, 0.2) is 59.9 Å². The van der Waals surface area contributed by atoms with Crippen LogP contribution in [0.5, 0.6) is 5.75 Å². The van der Waals surface area contributed by atoms with Crippen molar-refractivity contribution < 1.29 is 13.2 Å². The molecule has 8 heteroatoms. The van der Waals surface area contributed by atoms with Crippen LogP contribution >= 0.6 is 11.6 Å². The molecule has 0 amide bonds. The summed E-state index contributed by atoms with van der Waals surface area (Å²) in [6.07, 6.45) is 3.22. The zero-order valence-electron chi connectivity index (χ0n) is 12.7. The van der Waals surface area contributed by atoms with Crippen LogP contribution in [0.3, 0.4) is 0 Å². The zero-order valence-corrected chi connectivity index (χ0v) is 14.2. The number of imidazole rings is 1. The number of sulfonamides is 1. The minimum absolute atomic E-state index is 0.0237. The van der Waals surface area contributed by atoms with E-state index in [0.717, 1.165) is 11.3 Å². The molecular formula is C16H14ClN3O3S. The van der Waals surface area contributed by atoms with Crippen LogP contribution in [0, 0.1) is 0 Å². The molecule has 0 bridgehead atoms. The van der Waals surface area contributed by atoms with Gasteiger partial charge in [-0.15, -0.1) is 0 Å². The third-order valence-electron chi connectivity index (χ3n) is 3.34. The van der Waals surface area contributed by atoms with Gasteiger partial charge in [-0.2, -0.15) is 0 Å². The summed E-state index contributed by atoms with van der Waals surface area (Å²) in [5.41, 5.74) is 2.02. The molecule has 0 radical (unpaired) electrons. The number of anilines is 1. The second-order valence-electron chi connectivity index (χ2n) is 4.95. The Kier molecular flexibility index (Phi) is 4.46. The first-order valence-corrected chi connectivity index (χ1v) is 8.81. The fourth-order valence-electron chi connectivity index (χ4n) is 2.23. The molecule has 0 spiro atoms. The summed E-state index contributed by atoms with van der Waals surface area (Å²) in [7, 11) is -2.45. The van der Waals surface area contributed by atoms with Crippen molar-refractivity contribution in [2.24, 2.45) is 0 Å². The van der Waals surface area contributed by atoms with Gasteiger partial charge in [-0.05, 0) is 30.3 Å². The predicted octanol–water partition coefficient (Wildman–Crippen LogP) is 3.54. The molecule has 124 valence electrons. The van der Waals surface area contributed by atoms with Crippen molar-refractivity contribution >= 4 is 27.3 Å². The normalized spacial score (nSPS) is 11.2. The molecule has 3 aromatic rings. The number of rotatable bonds is 5. The number of ether oxygens (including phenoxy) is 1. The Balaban J connectivity index is 1.96. The van der Waals surface area contributed by atoms with Gasteiger partial charge in [0.05, 0.1) is 25.3 Å². The Morgan fingerprint density at radius 1 is 1.21 bits per heavy atom. The maximum atomic E-state index is 12.7. The zero-order chi connectivity index (χ0) is 17.2. The Morgan fingerprint density at radius 2 is 2.04 bits per heavy atom. The first kappa shape index (κ1) is 16.4. The van der Waals surface area contributed by atoms with E-state index in [4.69, 9.17) is 16.3 Å². The molecule has 6 nitrogen and oxygen atoms in total. The summed E-state index contributed by atoms with van der Waals surface area (Å²) in [5, 5.41) is 0.308. The van der Waals surface area contributed by atoms with E-state index in [0.29, 0.717) is 10.7 Å². The minimum Gasteiger partial charge on any atom is -0.495 e. The number of halogens is 1. The van der Waals surface area contributed by atoms with Crippen molar-refractivity contribution in [2.45, 2.75) is 4.90 Å². The largest absolute Gasteiger partial charge is 0.495 e. The van der Waals surface area contributed by atoms with Crippen molar-refractivity contribution in [3.63, 3.8) is 0 Å². The molecule has 0 unspecified atom stereocenters. The lowest BCUT2D eigenvalue weighted by molar-refractivity contribution is 0.403. The molecule has 1 heterocycles. The third-order valence-corrected chi connectivity index (χ3v) is 4.98. The smallest absolute Gasteiger partial charge is 0.265 e. The average molecular weight is 364 g/mol. The van der Waals surface area contributed by atoms with Gasteiger partial charge in [0.2, 0.25) is 0 Å². The lowest BCUT2D eigenvalue weighted by atomic mass is 10.1. The molecule has 24 heavy (non-hydrogen) atoms. The van der Waals surface area contributed by atoms with Gasteiger partial charge in [-0.1, -0.05) is 23.7 Å². The molecule has 0 saturated heterocycles. The highest BCUT2D eigenvalue weighted by atomic mass is 35.5. The van der Waals surface area contributed by atoms with E-state index in [9.17, 15) is 8.42 Å². The van der Waals surface area contributed by atoms with E-state index < -0.39 is 10.0 Å². The van der Waals surface area contributed by atoms with Gasteiger partial charge in [0.25, 0.3) is 10.0 Å². The second kappa shape index (κ2) is 6.54. The molecule has 0 aliphatic rings. The van der Waals surface area contributed by atoms with Crippen LogP contribution in [0.1, 0.15) is 0 Å². The van der Waals surface area contributed by atoms with Crippen LogP contribution in [0.4, 0.5) is 5.69 Å². The van der Waals surface area contributed by atoms with Gasteiger partial charge in [0.15, 0.2) is 0 Å². The van der Waals surface area contributed by atoms with Crippen LogP contribution in [0.2, 0.25) is 5.02 Å². The number of benzene rings is 2. The number of hydrogen-bond acceptors (Lipinski definition) is 4. The van der Waals surface area contributed by atoms with Gasteiger partial charge in [0.1, 0.15) is 10.6 Å². The quantitative estimate of drug-likeness (QED) is 0.726. The molecular weight excluding hydrogens is 350 g/mol. The average Bonchev–Trinajstić information content (AvgIpc) is 3.09. The van der Waals surface area contributed by atoms with E-state index in [1.807, 2.05) is 6.07 Å². The number of H-pyrrole nitrogens is 1. The first-order chi connectivity index (χ1) is 11.5. The Hall–Kier alpha value is -2.51. The number of aromatic nitrogens is 2. The molecule has 0 atom stereocenters. The second-order valence-corrected chi connectivity index (χ2v) is 7.03. The molecule has 1 aromatic heterocycles. The monoisotopic (exact) mass is 363 g/mol. The number of nitrogens with one attached hydrogen (secondary N) is 2. The van der Waals surface area contributed by atoms with E-state index in [1.165, 1.54) is 19.2 Å². The first-order valence-electron chi connectivity index (χ1n) is 6.95. The molecule has 0 fully saturated rings. The highest BCUT2D eigenvalue weighted by Gasteiger charge is 2.20. The molecule has 0 saturated carbocycles. The maximum absolute atomic E-state index is 12.7. The summed E-state index contributed by atoms with van der Waals surface area (Å²) in [6.45, 7) is 0. The van der Waals surface area contributed by atoms with Gasteiger partial charge in [0, 0.05) is 16.3 Å². The number of methoxy groups -OCH3 is 1. The Morgan fingerprint density at radius 3 is 2.75 bits per heavy atom. The van der Waals surface area contributed by atoms with Crippen LogP contribution < -0.4 is 9.46 Å². The molecule has 3 rings (SSSR count). The number of nitrogens with zero attached hydrogens (tertiary/aromatic N) is 1. The van der Waals surface area contributed by atoms with E-state index in [-0.39, 0.29) is 10.6 Å². The highest BCUT2D eigenvalue weighted by Crippen LogP contribution is 2.29. The van der Waals surface area contributed by atoms with Crippen molar-refractivity contribution in [1.29, 1.82) is 0 Å². The van der Waals surface area contributed by atoms with Crippen molar-refractivity contribution in [1.82, 2.24) is 9.97 Å². The van der Waals surface area contributed by atoms with E-state index >= 15 is 0 Å². The Labute approximate surface area is 144 Å². The number of hydrogen-bond donors (Lipinski definition) is 2. The molecule has 0 aliphatic heterocycles. The molecule has 0 aliphatic carbocycles. The van der Waals surface area contributed by atoms with Gasteiger partial charge in [-0.3, -0.25) is 4.72 Å². The highest BCUT2D eigenvalue weighted by molar-refractivity contribution is 7.92. The standard InChI is InChI=1S/C16H14ClN3O3S/c1-23-15-6-5-12(17)8-16(15)24(21,22)20-13-4-2-3-11(7-13)14-9-18-10-19-14/h2-10,20H,1H3,(H,18,19). The fraction of sp³-hybridized carbons (Fsp3) is 0.0625. The van der Waals surface area contributed by atoms with E-state index in [1.54, 1.807) is 36.8 Å². The van der Waals surface area contributed by atoms with Gasteiger partial charge < -0.3 is 9.72 Å². The summed E-state index contributed by atoms with van der Waals surface area (Å²) < 4.78 is 33.0. The summed E-state index contributed by atoms with van der Waals surface area (Å²) in [6, 6.07) is 11.4. The van der Waals surface area contributed by atoms with Crippen molar-refractivity contribution in [3.8, 4) is 17.0 Å². The molecule has 2 N–H and O–H groups in total. The fourth-order valence-corrected chi connectivity index (χ4v) is 3.72. The number of aromatic amines is 1. The Bertz CT molecular complexity index is 956. The van der Waals surface area contributed by atoms with Crippen LogP contribution in [-0.4, -0.2) is 25.5 Å². The lowest BCUT2D eigenvalue weighted by Crippen LogP contribution is -2.14. The van der Waals surface area contributed by atoms with Crippen LogP contribution in [0.25, 0.3) is 11.3 Å². The van der Waals surface area contributed by atoms with Crippen molar-refractivity contribution in [3.05, 3.63) is 60.0 Å². The lowest BCUT2D eigenvalue weighted by Gasteiger charge is -2.12. The SMILES string of the molecule is COc1ccc(Cl)cc1S(=O)(=O)Nc1cccc(-c2cnc[nH]2)c1. The summed E-state index contributed by atoms with van der Waals surface area (Å²) in [4.78, 5) is 6.91. The summed E-state index contributed by atoms with van der Waals surface area (Å²) in [5.74, 6) is 0.219.